The van der Waals surface area contributed by atoms with Gasteiger partial charge in [0, 0.05) is 25.8 Å². The molecule has 178 valence electrons. The number of hydrogen-bond donors (Lipinski definition) is 3. The van der Waals surface area contributed by atoms with Gasteiger partial charge in [-0.15, -0.1) is 0 Å². The Hall–Kier alpha value is -2.56. The average Bonchev–Trinajstić information content (AvgIpc) is 2.73. The van der Waals surface area contributed by atoms with Gasteiger partial charge in [0.1, 0.15) is 6.61 Å². The monoisotopic (exact) mass is 446 g/mol. The van der Waals surface area contributed by atoms with Gasteiger partial charge in [0.05, 0.1) is 18.4 Å². The highest BCUT2D eigenvalue weighted by Crippen LogP contribution is 2.27. The first-order chi connectivity index (χ1) is 15.1. The summed E-state index contributed by atoms with van der Waals surface area (Å²) in [5.74, 6) is 2.41. The van der Waals surface area contributed by atoms with E-state index >= 15 is 0 Å². The van der Waals surface area contributed by atoms with Gasteiger partial charge in [-0.25, -0.2) is 10.4 Å². The number of ether oxygens (including phenoxy) is 1. The topological polar surface area (TPSA) is 99.1 Å². The highest BCUT2D eigenvalue weighted by molar-refractivity contribution is 5.90. The Bertz CT molecular complexity index is 759. The Morgan fingerprint density at radius 3 is 2.44 bits per heavy atom. The van der Waals surface area contributed by atoms with Gasteiger partial charge in [-0.2, -0.15) is 0 Å². The van der Waals surface area contributed by atoms with Gasteiger partial charge in [0.25, 0.3) is 0 Å². The van der Waals surface area contributed by atoms with Gasteiger partial charge >= 0.3 is 5.97 Å². The zero-order valence-electron chi connectivity index (χ0n) is 19.8. The molecule has 3 N–H and O–H groups in total. The van der Waals surface area contributed by atoms with Crippen molar-refractivity contribution in [2.45, 2.75) is 78.7 Å². The first-order valence-electron chi connectivity index (χ1n) is 11.2. The van der Waals surface area contributed by atoms with Crippen molar-refractivity contribution in [2.24, 2.45) is 5.41 Å². The molecule has 0 aliphatic heterocycles. The van der Waals surface area contributed by atoms with E-state index in [2.05, 4.69) is 38.2 Å². The lowest BCUT2D eigenvalue weighted by Crippen LogP contribution is -2.38. The number of nitrogens with one attached hydrogen (secondary N) is 1. The number of carbonyl (C=O) groups is 2. The third-order valence-electron chi connectivity index (χ3n) is 4.80. The summed E-state index contributed by atoms with van der Waals surface area (Å²) in [7, 11) is 0. The molecular weight excluding hydrogens is 408 g/mol. The highest BCUT2D eigenvalue weighted by Gasteiger charge is 2.14. The Kier molecular flexibility index (Phi) is 12.4. The van der Waals surface area contributed by atoms with E-state index in [1.54, 1.807) is 12.1 Å². The Morgan fingerprint density at radius 2 is 1.84 bits per heavy atom. The molecule has 0 fully saturated rings. The molecule has 1 atom stereocenters. The molecule has 7 heteroatoms. The van der Waals surface area contributed by atoms with Crippen LogP contribution in [0.15, 0.2) is 24.3 Å². The van der Waals surface area contributed by atoms with Gasteiger partial charge in [-0.1, -0.05) is 45.2 Å². The summed E-state index contributed by atoms with van der Waals surface area (Å²) in [6, 6.07) is 10.0. The van der Waals surface area contributed by atoms with Crippen molar-refractivity contribution >= 4 is 17.6 Å². The van der Waals surface area contributed by atoms with Crippen molar-refractivity contribution in [2.75, 3.05) is 18.2 Å². The number of benzene rings is 1. The molecular formula is C25H38N2O5. The van der Waals surface area contributed by atoms with Crippen LogP contribution in [0.2, 0.25) is 0 Å². The van der Waals surface area contributed by atoms with Crippen LogP contribution >= 0.6 is 0 Å². The van der Waals surface area contributed by atoms with Gasteiger partial charge < -0.3 is 14.9 Å². The number of aliphatic hydroxyl groups is 2. The number of hydrogen-bond acceptors (Lipinski definition) is 6. The summed E-state index contributed by atoms with van der Waals surface area (Å²) in [6.45, 7) is 7.88. The SMILES string of the molecule is CC(=O)N(NC#CCCCCC(=O)OCCO)c1ccc(C(O)CCCC(C)(C)C)cc1. The summed E-state index contributed by atoms with van der Waals surface area (Å²) in [4.78, 5) is 23.3. The molecule has 1 rings (SSSR count). The highest BCUT2D eigenvalue weighted by atomic mass is 16.5. The summed E-state index contributed by atoms with van der Waals surface area (Å²) in [5.41, 5.74) is 4.53. The molecule has 0 saturated heterocycles. The molecule has 0 saturated carbocycles. The smallest absolute Gasteiger partial charge is 0.305 e. The lowest BCUT2D eigenvalue weighted by atomic mass is 9.88. The minimum absolute atomic E-state index is 0.0284. The number of hydrazine groups is 1. The van der Waals surface area contributed by atoms with Gasteiger partial charge in [-0.05, 0) is 48.8 Å². The molecule has 0 aliphatic carbocycles. The second kappa shape index (κ2) is 14.5. The van der Waals surface area contributed by atoms with E-state index in [1.807, 2.05) is 12.1 Å². The first kappa shape index (κ1) is 27.5. The predicted octanol–water partition coefficient (Wildman–Crippen LogP) is 3.85. The maximum Gasteiger partial charge on any atom is 0.305 e. The Balaban J connectivity index is 2.49. The standard InChI is InChI=1S/C25H38N2O5/c1-20(29)27(26-17-8-6-5-7-11-24(31)32-19-18-28)22-14-12-21(13-15-22)23(30)10-9-16-25(2,3)4/h12-15,23,26,28,30H,5-7,9-11,16,18-19H2,1-4H3. The second-order valence-corrected chi connectivity index (χ2v) is 8.98. The number of nitrogens with zero attached hydrogens (tertiary/aromatic N) is 1. The van der Waals surface area contributed by atoms with Crippen LogP contribution in [-0.2, 0) is 14.3 Å². The minimum Gasteiger partial charge on any atom is -0.463 e. The van der Waals surface area contributed by atoms with E-state index in [9.17, 15) is 14.7 Å². The maximum absolute atomic E-state index is 12.0. The minimum atomic E-state index is -0.522. The van der Waals surface area contributed by atoms with E-state index in [-0.39, 0.29) is 30.5 Å². The fourth-order valence-corrected chi connectivity index (χ4v) is 3.04. The molecule has 0 radical (unpaired) electrons. The number of anilines is 1. The molecule has 0 aliphatic rings. The van der Waals surface area contributed by atoms with Crippen LogP contribution in [0.25, 0.3) is 0 Å². The zero-order valence-corrected chi connectivity index (χ0v) is 19.8. The van der Waals surface area contributed by atoms with Crippen molar-refractivity contribution in [1.82, 2.24) is 5.43 Å². The summed E-state index contributed by atoms with van der Waals surface area (Å²) >= 11 is 0. The number of aliphatic hydroxyl groups excluding tert-OH is 2. The van der Waals surface area contributed by atoms with E-state index in [4.69, 9.17) is 9.84 Å². The van der Waals surface area contributed by atoms with Crippen LogP contribution in [0, 0.1) is 17.4 Å². The largest absolute Gasteiger partial charge is 0.463 e. The third-order valence-corrected chi connectivity index (χ3v) is 4.80. The number of rotatable bonds is 12. The maximum atomic E-state index is 12.0. The fourth-order valence-electron chi connectivity index (χ4n) is 3.04. The van der Waals surface area contributed by atoms with Crippen LogP contribution in [0.1, 0.15) is 84.3 Å². The van der Waals surface area contributed by atoms with Crippen LogP contribution in [0.4, 0.5) is 5.69 Å². The first-order valence-corrected chi connectivity index (χ1v) is 11.2. The Labute approximate surface area is 192 Å². The summed E-state index contributed by atoms with van der Waals surface area (Å²) < 4.78 is 4.78. The lowest BCUT2D eigenvalue weighted by molar-refractivity contribution is -0.144. The van der Waals surface area contributed by atoms with Crippen LogP contribution < -0.4 is 10.4 Å². The molecule has 1 aromatic rings. The number of amides is 1. The zero-order chi connectivity index (χ0) is 24.0. The summed E-state index contributed by atoms with van der Waals surface area (Å²) in [6.07, 6.45) is 4.43. The molecule has 1 amide bonds. The van der Waals surface area contributed by atoms with E-state index in [0.29, 0.717) is 31.4 Å². The molecule has 0 heterocycles. The van der Waals surface area contributed by atoms with Gasteiger partial charge in [-0.3, -0.25) is 9.59 Å². The van der Waals surface area contributed by atoms with Crippen LogP contribution in [0.3, 0.4) is 0 Å². The van der Waals surface area contributed by atoms with Crippen LogP contribution in [0.5, 0.6) is 0 Å². The van der Waals surface area contributed by atoms with Crippen molar-refractivity contribution in [3.8, 4) is 12.0 Å². The molecule has 0 aromatic heterocycles. The number of unbranched alkanes of at least 4 members (excludes halogenated alkanes) is 2. The molecule has 0 bridgehead atoms. The molecule has 1 aromatic carbocycles. The van der Waals surface area contributed by atoms with E-state index < -0.39 is 6.10 Å². The average molecular weight is 447 g/mol. The van der Waals surface area contributed by atoms with Crippen molar-refractivity contribution in [1.29, 1.82) is 0 Å². The number of esters is 1. The summed E-state index contributed by atoms with van der Waals surface area (Å²) in [5, 5.41) is 20.4. The van der Waals surface area contributed by atoms with Gasteiger partial charge in [0.2, 0.25) is 5.91 Å². The van der Waals surface area contributed by atoms with Crippen LogP contribution in [-0.4, -0.2) is 35.3 Å². The van der Waals surface area contributed by atoms with Crippen molar-refractivity contribution in [3.05, 3.63) is 29.8 Å². The third kappa shape index (κ3) is 11.7. The fraction of sp³-hybridized carbons (Fsp3) is 0.600. The molecule has 0 spiro atoms. The van der Waals surface area contributed by atoms with Crippen molar-refractivity contribution in [3.63, 3.8) is 0 Å². The van der Waals surface area contributed by atoms with Crippen molar-refractivity contribution < 1.29 is 24.5 Å². The second-order valence-electron chi connectivity index (χ2n) is 8.98. The molecule has 32 heavy (non-hydrogen) atoms. The quantitative estimate of drug-likeness (QED) is 0.148. The van der Waals surface area contributed by atoms with E-state index in [1.165, 1.54) is 11.9 Å². The molecule has 1 unspecified atom stereocenters. The lowest BCUT2D eigenvalue weighted by Gasteiger charge is -2.21. The van der Waals surface area contributed by atoms with E-state index in [0.717, 1.165) is 24.8 Å². The van der Waals surface area contributed by atoms with Gasteiger partial charge in [0.15, 0.2) is 0 Å². The normalized spacial score (nSPS) is 11.8. The predicted molar refractivity (Wildman–Crippen MR) is 125 cm³/mol. The molecule has 7 nitrogen and oxygen atoms in total. The Morgan fingerprint density at radius 1 is 1.16 bits per heavy atom. The number of carbonyl (C=O) groups excluding carboxylic acids is 2.